The number of nitrogens with one attached hydrogen (secondary N) is 2. The molecule has 1 heterocycles. The van der Waals surface area contributed by atoms with Crippen LogP contribution in [0.4, 0.5) is 11.4 Å². The first-order chi connectivity index (χ1) is 11.7. The molecule has 2 N–H and O–H groups in total. The summed E-state index contributed by atoms with van der Waals surface area (Å²) in [5.41, 5.74) is 1.92. The first-order valence-corrected chi connectivity index (χ1v) is 7.91. The maximum atomic E-state index is 11.9. The van der Waals surface area contributed by atoms with E-state index in [1.54, 1.807) is 32.5 Å². The molecule has 0 fully saturated rings. The fourth-order valence-electron chi connectivity index (χ4n) is 2.14. The van der Waals surface area contributed by atoms with Crippen LogP contribution in [0, 0.1) is 0 Å². The summed E-state index contributed by atoms with van der Waals surface area (Å²) in [6.07, 6.45) is 3.62. The summed E-state index contributed by atoms with van der Waals surface area (Å²) in [5, 5.41) is 6.06. The Bertz CT molecular complexity index is 672. The number of carbonyl (C=O) groups is 1. The third-order valence-electron chi connectivity index (χ3n) is 3.50. The fraction of sp³-hybridized carbons (Fsp3) is 0.333. The number of rotatable bonds is 8. The second kappa shape index (κ2) is 8.76. The van der Waals surface area contributed by atoms with Crippen LogP contribution in [-0.4, -0.2) is 31.7 Å². The number of ether oxygens (including phenoxy) is 2. The average Bonchev–Trinajstić information content (AvgIpc) is 2.62. The van der Waals surface area contributed by atoms with Crippen LogP contribution in [0.1, 0.15) is 30.3 Å². The minimum absolute atomic E-state index is 0.158. The summed E-state index contributed by atoms with van der Waals surface area (Å²) in [6, 6.07) is 8.98. The highest BCUT2D eigenvalue weighted by molar-refractivity contribution is 5.92. The number of unbranched alkanes of at least 4 members (excludes halogenated alkanes) is 1. The summed E-state index contributed by atoms with van der Waals surface area (Å²) in [7, 11) is 3.22. The maximum Gasteiger partial charge on any atom is 0.269 e. The topological polar surface area (TPSA) is 72.5 Å². The molecule has 1 aromatic heterocycles. The first-order valence-electron chi connectivity index (χ1n) is 7.91. The van der Waals surface area contributed by atoms with Crippen LogP contribution in [-0.2, 0) is 0 Å². The Balaban J connectivity index is 2.07. The summed E-state index contributed by atoms with van der Waals surface area (Å²) in [6.45, 7) is 2.75. The highest BCUT2D eigenvalue weighted by atomic mass is 16.5. The van der Waals surface area contributed by atoms with E-state index in [9.17, 15) is 4.79 Å². The normalized spacial score (nSPS) is 10.1. The number of pyridine rings is 1. The number of amides is 1. The van der Waals surface area contributed by atoms with Crippen LogP contribution in [0.2, 0.25) is 0 Å². The summed E-state index contributed by atoms with van der Waals surface area (Å²) in [4.78, 5) is 16.1. The van der Waals surface area contributed by atoms with Crippen molar-refractivity contribution >= 4 is 17.3 Å². The zero-order chi connectivity index (χ0) is 17.4. The van der Waals surface area contributed by atoms with Gasteiger partial charge in [-0.25, -0.2) is 4.98 Å². The average molecular weight is 329 g/mol. The molecule has 2 rings (SSSR count). The van der Waals surface area contributed by atoms with Gasteiger partial charge in [0.2, 0.25) is 0 Å². The van der Waals surface area contributed by atoms with Crippen molar-refractivity contribution in [3.8, 4) is 11.5 Å². The van der Waals surface area contributed by atoms with Crippen molar-refractivity contribution in [3.63, 3.8) is 0 Å². The van der Waals surface area contributed by atoms with E-state index in [1.807, 2.05) is 18.2 Å². The van der Waals surface area contributed by atoms with Crippen molar-refractivity contribution in [3.05, 3.63) is 42.2 Å². The molecule has 0 bridgehead atoms. The second-order valence-electron chi connectivity index (χ2n) is 5.23. The molecule has 6 heteroatoms. The molecule has 1 aromatic carbocycles. The number of benzene rings is 1. The number of methoxy groups -OCH3 is 2. The number of hydrogen-bond donors (Lipinski definition) is 2. The van der Waals surface area contributed by atoms with Gasteiger partial charge in [-0.05, 0) is 30.7 Å². The van der Waals surface area contributed by atoms with E-state index < -0.39 is 0 Å². The fourth-order valence-corrected chi connectivity index (χ4v) is 2.14. The summed E-state index contributed by atoms with van der Waals surface area (Å²) < 4.78 is 10.6. The predicted octanol–water partition coefficient (Wildman–Crippen LogP) is 3.37. The second-order valence-corrected chi connectivity index (χ2v) is 5.23. The molecule has 24 heavy (non-hydrogen) atoms. The van der Waals surface area contributed by atoms with Crippen LogP contribution in [0.3, 0.4) is 0 Å². The van der Waals surface area contributed by atoms with Gasteiger partial charge in [-0.3, -0.25) is 4.79 Å². The molecule has 128 valence electrons. The molecule has 0 saturated carbocycles. The molecular formula is C18H23N3O3. The lowest BCUT2D eigenvalue weighted by atomic mass is 10.2. The van der Waals surface area contributed by atoms with Gasteiger partial charge in [-0.1, -0.05) is 13.3 Å². The standard InChI is InChI=1S/C18H23N3O3/c1-4-5-10-19-18(22)15-8-6-13(12-20-15)21-16-11-14(23-2)7-9-17(16)24-3/h6-9,11-12,21H,4-5,10H2,1-3H3,(H,19,22). The van der Waals surface area contributed by atoms with Crippen LogP contribution in [0.15, 0.2) is 36.5 Å². The quantitative estimate of drug-likeness (QED) is 0.727. The minimum Gasteiger partial charge on any atom is -0.497 e. The molecule has 0 unspecified atom stereocenters. The Kier molecular flexibility index (Phi) is 6.42. The molecule has 0 aliphatic rings. The Morgan fingerprint density at radius 3 is 2.62 bits per heavy atom. The van der Waals surface area contributed by atoms with Crippen molar-refractivity contribution in [2.24, 2.45) is 0 Å². The van der Waals surface area contributed by atoms with Crippen molar-refractivity contribution < 1.29 is 14.3 Å². The Hall–Kier alpha value is -2.76. The van der Waals surface area contributed by atoms with Gasteiger partial charge < -0.3 is 20.1 Å². The lowest BCUT2D eigenvalue weighted by Gasteiger charge is -2.12. The van der Waals surface area contributed by atoms with Gasteiger partial charge in [0.25, 0.3) is 5.91 Å². The zero-order valence-electron chi connectivity index (χ0n) is 14.3. The van der Waals surface area contributed by atoms with Gasteiger partial charge in [0, 0.05) is 12.6 Å². The SMILES string of the molecule is CCCCNC(=O)c1ccc(Nc2cc(OC)ccc2OC)cn1. The highest BCUT2D eigenvalue weighted by Crippen LogP contribution is 2.31. The molecule has 0 saturated heterocycles. The predicted molar refractivity (Wildman–Crippen MR) is 94.3 cm³/mol. The monoisotopic (exact) mass is 329 g/mol. The van der Waals surface area contributed by atoms with Crippen molar-refractivity contribution in [2.75, 3.05) is 26.1 Å². The van der Waals surface area contributed by atoms with Gasteiger partial charge in [-0.15, -0.1) is 0 Å². The van der Waals surface area contributed by atoms with Gasteiger partial charge in [-0.2, -0.15) is 0 Å². The molecule has 2 aromatic rings. The van der Waals surface area contributed by atoms with E-state index in [2.05, 4.69) is 22.5 Å². The lowest BCUT2D eigenvalue weighted by molar-refractivity contribution is 0.0948. The third-order valence-corrected chi connectivity index (χ3v) is 3.50. The van der Waals surface area contributed by atoms with E-state index in [-0.39, 0.29) is 5.91 Å². The van der Waals surface area contributed by atoms with Gasteiger partial charge in [0.15, 0.2) is 0 Å². The van der Waals surface area contributed by atoms with Crippen LogP contribution >= 0.6 is 0 Å². The third kappa shape index (κ3) is 4.62. The number of carbonyl (C=O) groups excluding carboxylic acids is 1. The largest absolute Gasteiger partial charge is 0.497 e. The van der Waals surface area contributed by atoms with Gasteiger partial charge >= 0.3 is 0 Å². The lowest BCUT2D eigenvalue weighted by Crippen LogP contribution is -2.25. The van der Waals surface area contributed by atoms with E-state index in [0.717, 1.165) is 30.0 Å². The first kappa shape index (κ1) is 17.6. The molecule has 0 aliphatic heterocycles. The Morgan fingerprint density at radius 2 is 2.00 bits per heavy atom. The molecule has 1 amide bonds. The van der Waals surface area contributed by atoms with Gasteiger partial charge in [0.05, 0.1) is 31.8 Å². The van der Waals surface area contributed by atoms with E-state index >= 15 is 0 Å². The number of hydrogen-bond acceptors (Lipinski definition) is 5. The zero-order valence-corrected chi connectivity index (χ0v) is 14.3. The van der Waals surface area contributed by atoms with Crippen molar-refractivity contribution in [2.45, 2.75) is 19.8 Å². The van der Waals surface area contributed by atoms with Crippen LogP contribution in [0.5, 0.6) is 11.5 Å². The van der Waals surface area contributed by atoms with E-state index in [0.29, 0.717) is 18.0 Å². The van der Waals surface area contributed by atoms with E-state index in [4.69, 9.17) is 9.47 Å². The number of aromatic nitrogens is 1. The highest BCUT2D eigenvalue weighted by Gasteiger charge is 2.08. The molecule has 6 nitrogen and oxygen atoms in total. The number of anilines is 2. The smallest absolute Gasteiger partial charge is 0.269 e. The van der Waals surface area contributed by atoms with Crippen molar-refractivity contribution in [1.29, 1.82) is 0 Å². The molecule has 0 radical (unpaired) electrons. The maximum absolute atomic E-state index is 11.9. The Labute approximate surface area is 142 Å². The number of nitrogens with zero attached hydrogens (tertiary/aromatic N) is 1. The van der Waals surface area contributed by atoms with Crippen LogP contribution < -0.4 is 20.1 Å². The molecule has 0 spiro atoms. The summed E-state index contributed by atoms with van der Waals surface area (Å²) >= 11 is 0. The minimum atomic E-state index is -0.158. The Morgan fingerprint density at radius 1 is 1.17 bits per heavy atom. The van der Waals surface area contributed by atoms with Crippen molar-refractivity contribution in [1.82, 2.24) is 10.3 Å². The van der Waals surface area contributed by atoms with Crippen LogP contribution in [0.25, 0.3) is 0 Å². The molecule has 0 atom stereocenters. The summed E-state index contributed by atoms with van der Waals surface area (Å²) in [5.74, 6) is 1.25. The molecular weight excluding hydrogens is 306 g/mol. The van der Waals surface area contributed by atoms with E-state index in [1.165, 1.54) is 0 Å². The molecule has 0 aliphatic carbocycles. The van der Waals surface area contributed by atoms with Gasteiger partial charge in [0.1, 0.15) is 17.2 Å².